The Morgan fingerprint density at radius 3 is 2.17 bits per heavy atom. The van der Waals surface area contributed by atoms with Gasteiger partial charge >= 0.3 is 0 Å². The Labute approximate surface area is 177 Å². The molecule has 5 nitrogen and oxygen atoms in total. The Bertz CT molecular complexity index is 721. The Morgan fingerprint density at radius 1 is 1.17 bits per heavy atom. The van der Waals surface area contributed by atoms with E-state index in [9.17, 15) is 9.59 Å². The third-order valence-electron chi connectivity index (χ3n) is 4.81. The zero-order valence-electron chi connectivity index (χ0n) is 20.1. The zero-order chi connectivity index (χ0) is 22.8. The fourth-order valence-corrected chi connectivity index (χ4v) is 2.96. The van der Waals surface area contributed by atoms with Crippen LogP contribution in [0.15, 0.2) is 17.2 Å². The van der Waals surface area contributed by atoms with Gasteiger partial charge in [0.25, 0.3) is 0 Å². The van der Waals surface area contributed by atoms with E-state index in [1.165, 1.54) is 13.3 Å². The van der Waals surface area contributed by atoms with E-state index in [1.54, 1.807) is 0 Å². The number of nitrogens with one attached hydrogen (secondary N) is 2. The second-order valence-electron chi connectivity index (χ2n) is 7.66. The van der Waals surface area contributed by atoms with Crippen LogP contribution < -0.4 is 10.7 Å². The molecule has 0 saturated heterocycles. The molecular weight excluding hydrogens is 362 g/mol. The van der Waals surface area contributed by atoms with Gasteiger partial charge in [0.2, 0.25) is 11.8 Å². The van der Waals surface area contributed by atoms with Crippen LogP contribution in [-0.2, 0) is 15.0 Å². The summed E-state index contributed by atoms with van der Waals surface area (Å²) >= 11 is 0. The van der Waals surface area contributed by atoms with E-state index in [-0.39, 0.29) is 11.8 Å². The number of hydrogen-bond donors (Lipinski definition) is 2. The summed E-state index contributed by atoms with van der Waals surface area (Å²) in [5, 5.41) is 7.30. The zero-order valence-corrected chi connectivity index (χ0v) is 20.1. The minimum absolute atomic E-state index is 0.0241. The van der Waals surface area contributed by atoms with Gasteiger partial charge in [0.15, 0.2) is 0 Å². The number of carbonyl (C=O) groups is 2. The van der Waals surface area contributed by atoms with E-state index in [1.807, 2.05) is 40.7 Å². The first-order valence-corrected chi connectivity index (χ1v) is 11.0. The van der Waals surface area contributed by atoms with Crippen LogP contribution in [-0.4, -0.2) is 17.5 Å². The molecule has 0 radical (unpaired) electrons. The van der Waals surface area contributed by atoms with E-state index in [2.05, 4.69) is 49.6 Å². The predicted octanol–water partition coefficient (Wildman–Crippen LogP) is 6.12. The molecule has 1 aliphatic rings. The molecule has 1 atom stereocenters. The van der Waals surface area contributed by atoms with Gasteiger partial charge in [-0.15, -0.1) is 0 Å². The van der Waals surface area contributed by atoms with Crippen LogP contribution in [0, 0.1) is 0 Å². The molecule has 1 aliphatic heterocycles. The molecule has 0 fully saturated rings. The molecule has 5 heteroatoms. The molecule has 0 bridgehead atoms. The van der Waals surface area contributed by atoms with Crippen LogP contribution >= 0.6 is 0 Å². The standard InChI is InChI=1S/C19H27N3O2.C3H8.C2H6/c1-7-11(3)14-9-13(16(8-2)22-21-12(4)23)10-15-17(14)20-18(24)19(15,5)6;1-3-2;1-2/h9-11H,7-8H2,1-6H3,(H,20,24)(H,21,23);3H2,1-2H3;1-2H3/b22-16+;;. The quantitative estimate of drug-likeness (QED) is 0.459. The normalized spacial score (nSPS) is 15.1. The van der Waals surface area contributed by atoms with Crippen molar-refractivity contribution < 1.29 is 9.59 Å². The third kappa shape index (κ3) is 6.69. The topological polar surface area (TPSA) is 70.6 Å². The number of anilines is 1. The Hall–Kier alpha value is -2.17. The molecule has 164 valence electrons. The van der Waals surface area contributed by atoms with E-state index >= 15 is 0 Å². The lowest BCUT2D eigenvalue weighted by Crippen LogP contribution is -2.27. The smallest absolute Gasteiger partial charge is 0.236 e. The van der Waals surface area contributed by atoms with Crippen molar-refractivity contribution in [3.05, 3.63) is 28.8 Å². The van der Waals surface area contributed by atoms with E-state index in [0.29, 0.717) is 12.3 Å². The molecule has 1 heterocycles. The highest BCUT2D eigenvalue weighted by Gasteiger charge is 2.40. The average Bonchev–Trinajstić information content (AvgIpc) is 2.92. The highest BCUT2D eigenvalue weighted by molar-refractivity contribution is 6.09. The fraction of sp³-hybridized carbons (Fsp3) is 0.625. The summed E-state index contributed by atoms with van der Waals surface area (Å²) in [4.78, 5) is 23.6. The second-order valence-corrected chi connectivity index (χ2v) is 7.66. The van der Waals surface area contributed by atoms with Crippen molar-refractivity contribution in [2.75, 3.05) is 5.32 Å². The molecule has 1 aromatic rings. The van der Waals surface area contributed by atoms with E-state index in [4.69, 9.17) is 0 Å². The maximum Gasteiger partial charge on any atom is 0.236 e. The minimum Gasteiger partial charge on any atom is -0.325 e. The maximum absolute atomic E-state index is 12.4. The molecule has 2 amide bonds. The van der Waals surface area contributed by atoms with Crippen molar-refractivity contribution in [3.63, 3.8) is 0 Å². The van der Waals surface area contributed by atoms with Crippen molar-refractivity contribution in [2.24, 2.45) is 5.10 Å². The van der Waals surface area contributed by atoms with Crippen LogP contribution in [0.2, 0.25) is 0 Å². The van der Waals surface area contributed by atoms with Crippen molar-refractivity contribution in [2.45, 2.75) is 99.8 Å². The van der Waals surface area contributed by atoms with Gasteiger partial charge in [0, 0.05) is 12.6 Å². The van der Waals surface area contributed by atoms with Crippen molar-refractivity contribution in [1.29, 1.82) is 0 Å². The summed E-state index contributed by atoms with van der Waals surface area (Å²) in [7, 11) is 0. The van der Waals surface area contributed by atoms with Crippen molar-refractivity contribution >= 4 is 23.2 Å². The number of amides is 2. The van der Waals surface area contributed by atoms with Gasteiger partial charge in [-0.05, 0) is 61.4 Å². The Morgan fingerprint density at radius 2 is 1.72 bits per heavy atom. The summed E-state index contributed by atoms with van der Waals surface area (Å²) in [6, 6.07) is 4.13. The number of fused-ring (bicyclic) bond motifs is 1. The Kier molecular flexibility index (Phi) is 11.5. The Balaban J connectivity index is 0.00000143. The molecular formula is C24H41N3O2. The number of rotatable bonds is 5. The van der Waals surface area contributed by atoms with Crippen LogP contribution in [0.25, 0.3) is 0 Å². The maximum atomic E-state index is 12.4. The lowest BCUT2D eigenvalue weighted by Gasteiger charge is -2.20. The summed E-state index contributed by atoms with van der Waals surface area (Å²) in [5.74, 6) is 0.157. The van der Waals surface area contributed by atoms with Gasteiger partial charge in [-0.25, -0.2) is 5.43 Å². The van der Waals surface area contributed by atoms with Gasteiger partial charge in [0.1, 0.15) is 0 Å². The summed E-state index contributed by atoms with van der Waals surface area (Å²) < 4.78 is 0. The molecule has 1 unspecified atom stereocenters. The van der Waals surface area contributed by atoms with Crippen molar-refractivity contribution in [3.8, 4) is 0 Å². The lowest BCUT2D eigenvalue weighted by atomic mass is 9.82. The molecule has 2 N–H and O–H groups in total. The highest BCUT2D eigenvalue weighted by atomic mass is 16.2. The molecule has 0 aliphatic carbocycles. The number of carbonyl (C=O) groups excluding carboxylic acids is 2. The fourth-order valence-electron chi connectivity index (χ4n) is 2.96. The van der Waals surface area contributed by atoms with E-state index < -0.39 is 5.41 Å². The number of benzene rings is 1. The molecule has 0 saturated carbocycles. The molecule has 1 aromatic carbocycles. The summed E-state index contributed by atoms with van der Waals surface area (Å²) in [6.45, 7) is 19.9. The van der Waals surface area contributed by atoms with Gasteiger partial charge < -0.3 is 5.32 Å². The van der Waals surface area contributed by atoms with Crippen molar-refractivity contribution in [1.82, 2.24) is 5.43 Å². The number of hydrazone groups is 1. The summed E-state index contributed by atoms with van der Waals surface area (Å²) in [5.41, 5.74) is 6.81. The second kappa shape index (κ2) is 12.4. The first-order valence-electron chi connectivity index (χ1n) is 11.0. The molecule has 29 heavy (non-hydrogen) atoms. The van der Waals surface area contributed by atoms with Crippen LogP contribution in [0.3, 0.4) is 0 Å². The van der Waals surface area contributed by atoms with Crippen LogP contribution in [0.4, 0.5) is 5.69 Å². The lowest BCUT2D eigenvalue weighted by molar-refractivity contribution is -0.120. The summed E-state index contributed by atoms with van der Waals surface area (Å²) in [6.07, 6.45) is 2.93. The van der Waals surface area contributed by atoms with E-state index in [0.717, 1.165) is 34.5 Å². The van der Waals surface area contributed by atoms with Gasteiger partial charge in [-0.1, -0.05) is 54.9 Å². The van der Waals surface area contributed by atoms with Crippen LogP contribution in [0.5, 0.6) is 0 Å². The van der Waals surface area contributed by atoms with Gasteiger partial charge in [0.05, 0.1) is 11.1 Å². The largest absolute Gasteiger partial charge is 0.325 e. The minimum atomic E-state index is -0.569. The number of hydrogen-bond acceptors (Lipinski definition) is 3. The molecule has 0 spiro atoms. The highest BCUT2D eigenvalue weighted by Crippen LogP contribution is 2.43. The third-order valence-corrected chi connectivity index (χ3v) is 4.81. The SMILES string of the molecule is CC.CC/C(=N\NC(C)=O)c1cc(C(C)CC)c2c(c1)C(C)(C)C(=O)N2.CCC. The van der Waals surface area contributed by atoms with Crippen LogP contribution in [0.1, 0.15) is 111 Å². The monoisotopic (exact) mass is 403 g/mol. The van der Waals surface area contributed by atoms with Gasteiger partial charge in [-0.3, -0.25) is 9.59 Å². The first kappa shape index (κ1) is 26.8. The predicted molar refractivity (Wildman–Crippen MR) is 125 cm³/mol. The molecule has 0 aromatic heterocycles. The first-order chi connectivity index (χ1) is 13.6. The molecule has 2 rings (SSSR count). The average molecular weight is 404 g/mol. The van der Waals surface area contributed by atoms with Gasteiger partial charge in [-0.2, -0.15) is 5.10 Å². The number of nitrogens with zero attached hydrogens (tertiary/aromatic N) is 1.